The number of hydrogen-bond donors (Lipinski definition) is 2. The van der Waals surface area contributed by atoms with Crippen LogP contribution in [-0.2, 0) is 35.9 Å². The quantitative estimate of drug-likeness (QED) is 0.350. The predicted molar refractivity (Wildman–Crippen MR) is 109 cm³/mol. The molecule has 0 saturated carbocycles. The molecule has 0 spiro atoms. The molecule has 0 radical (unpaired) electrons. The predicted octanol–water partition coefficient (Wildman–Crippen LogP) is 2.19. The first-order chi connectivity index (χ1) is 13.2. The number of ether oxygens (including phenoxy) is 2. The van der Waals surface area contributed by atoms with Gasteiger partial charge in [0, 0.05) is 44.6 Å². The Balaban J connectivity index is 1.78. The molecular formula is C20H37N5O2. The molecule has 0 aliphatic carbocycles. The third-order valence-corrected chi connectivity index (χ3v) is 4.85. The van der Waals surface area contributed by atoms with Gasteiger partial charge in [0.15, 0.2) is 5.96 Å². The van der Waals surface area contributed by atoms with Crippen LogP contribution in [0.1, 0.15) is 57.0 Å². The number of nitrogens with zero attached hydrogens (tertiary/aromatic N) is 3. The normalized spacial score (nSPS) is 17.5. The van der Waals surface area contributed by atoms with E-state index in [4.69, 9.17) is 14.5 Å². The number of rotatable bonds is 11. The van der Waals surface area contributed by atoms with Crippen molar-refractivity contribution in [1.29, 1.82) is 0 Å². The fourth-order valence-electron chi connectivity index (χ4n) is 3.44. The van der Waals surface area contributed by atoms with Crippen molar-refractivity contribution in [2.24, 2.45) is 12.0 Å². The summed E-state index contributed by atoms with van der Waals surface area (Å²) in [4.78, 5) is 4.78. The molecule has 0 bridgehead atoms. The summed E-state index contributed by atoms with van der Waals surface area (Å²) >= 11 is 0. The van der Waals surface area contributed by atoms with Crippen molar-refractivity contribution in [2.75, 3.05) is 32.9 Å². The van der Waals surface area contributed by atoms with E-state index in [-0.39, 0.29) is 0 Å². The van der Waals surface area contributed by atoms with Gasteiger partial charge in [0.1, 0.15) is 0 Å². The first kappa shape index (κ1) is 21.7. The Labute approximate surface area is 163 Å². The molecule has 7 heteroatoms. The minimum absolute atomic E-state index is 0.303. The number of aliphatic imine (C=N–C) groups is 1. The van der Waals surface area contributed by atoms with Crippen LogP contribution in [-0.4, -0.2) is 54.8 Å². The summed E-state index contributed by atoms with van der Waals surface area (Å²) in [5.41, 5.74) is 3.69. The molecule has 0 aromatic carbocycles. The lowest BCUT2D eigenvalue weighted by Crippen LogP contribution is -2.38. The molecule has 2 heterocycles. The van der Waals surface area contributed by atoms with Crippen LogP contribution in [0, 0.1) is 0 Å². The Bertz CT molecular complexity index is 579. The third-order valence-electron chi connectivity index (χ3n) is 4.85. The van der Waals surface area contributed by atoms with E-state index < -0.39 is 0 Å². The van der Waals surface area contributed by atoms with Crippen LogP contribution >= 0.6 is 0 Å². The van der Waals surface area contributed by atoms with Crippen molar-refractivity contribution in [1.82, 2.24) is 20.4 Å². The zero-order valence-corrected chi connectivity index (χ0v) is 17.5. The van der Waals surface area contributed by atoms with Crippen LogP contribution in [0.2, 0.25) is 0 Å². The molecular weight excluding hydrogens is 342 g/mol. The lowest BCUT2D eigenvalue weighted by Gasteiger charge is -2.13. The van der Waals surface area contributed by atoms with Gasteiger partial charge in [-0.05, 0) is 39.0 Å². The average Bonchev–Trinajstić information content (AvgIpc) is 3.29. The molecule has 1 saturated heterocycles. The van der Waals surface area contributed by atoms with Crippen LogP contribution in [0.25, 0.3) is 0 Å². The Kier molecular flexibility index (Phi) is 9.62. The Morgan fingerprint density at radius 2 is 2.15 bits per heavy atom. The van der Waals surface area contributed by atoms with E-state index in [1.165, 1.54) is 11.3 Å². The lowest BCUT2D eigenvalue weighted by atomic mass is 10.1. The summed E-state index contributed by atoms with van der Waals surface area (Å²) in [5, 5.41) is 11.4. The minimum atomic E-state index is 0.303. The van der Waals surface area contributed by atoms with Crippen LogP contribution < -0.4 is 10.6 Å². The van der Waals surface area contributed by atoms with Crippen LogP contribution in [0.5, 0.6) is 0 Å². The van der Waals surface area contributed by atoms with Crippen molar-refractivity contribution in [2.45, 2.75) is 65.5 Å². The maximum Gasteiger partial charge on any atom is 0.191 e. The van der Waals surface area contributed by atoms with E-state index in [9.17, 15) is 0 Å². The van der Waals surface area contributed by atoms with Gasteiger partial charge in [-0.3, -0.25) is 4.68 Å². The van der Waals surface area contributed by atoms with E-state index in [0.29, 0.717) is 12.6 Å². The maximum absolute atomic E-state index is 5.72. The second-order valence-corrected chi connectivity index (χ2v) is 6.89. The fourth-order valence-corrected chi connectivity index (χ4v) is 3.44. The van der Waals surface area contributed by atoms with Crippen LogP contribution in [0.4, 0.5) is 0 Å². The van der Waals surface area contributed by atoms with Crippen LogP contribution in [0.15, 0.2) is 4.99 Å². The van der Waals surface area contributed by atoms with Gasteiger partial charge in [-0.15, -0.1) is 0 Å². The monoisotopic (exact) mass is 379 g/mol. The SMILES string of the molecule is CCNC(=NCc1c(CC)nn(C)c1CC)NCCCOCC1CCCO1. The highest BCUT2D eigenvalue weighted by molar-refractivity contribution is 5.79. The highest BCUT2D eigenvalue weighted by Crippen LogP contribution is 2.16. The van der Waals surface area contributed by atoms with Gasteiger partial charge in [0.2, 0.25) is 0 Å². The van der Waals surface area contributed by atoms with Crippen molar-refractivity contribution in [3.05, 3.63) is 17.0 Å². The summed E-state index contributed by atoms with van der Waals surface area (Å²) in [6.45, 7) is 11.1. The highest BCUT2D eigenvalue weighted by atomic mass is 16.5. The number of hydrogen-bond acceptors (Lipinski definition) is 4. The van der Waals surface area contributed by atoms with E-state index in [1.54, 1.807) is 0 Å². The molecule has 1 aromatic rings. The van der Waals surface area contributed by atoms with Crippen molar-refractivity contribution in [3.8, 4) is 0 Å². The van der Waals surface area contributed by atoms with Crippen molar-refractivity contribution < 1.29 is 9.47 Å². The average molecular weight is 380 g/mol. The molecule has 1 atom stereocenters. The van der Waals surface area contributed by atoms with Gasteiger partial charge < -0.3 is 20.1 Å². The number of aryl methyl sites for hydroxylation is 2. The van der Waals surface area contributed by atoms with Gasteiger partial charge in [-0.2, -0.15) is 5.10 Å². The molecule has 1 aliphatic heterocycles. The standard InChI is InChI=1S/C20H37N5O2/c1-5-18-17(19(6-2)25(4)24-18)14-23-20(21-7-3)22-11-9-12-26-15-16-10-8-13-27-16/h16H,5-15H2,1-4H3,(H2,21,22,23). The minimum Gasteiger partial charge on any atom is -0.379 e. The number of guanidine groups is 1. The largest absolute Gasteiger partial charge is 0.379 e. The smallest absolute Gasteiger partial charge is 0.191 e. The summed E-state index contributed by atoms with van der Waals surface area (Å²) < 4.78 is 13.3. The zero-order valence-electron chi connectivity index (χ0n) is 17.5. The summed E-state index contributed by atoms with van der Waals surface area (Å²) in [6, 6.07) is 0. The molecule has 1 fully saturated rings. The first-order valence-corrected chi connectivity index (χ1v) is 10.4. The van der Waals surface area contributed by atoms with E-state index in [1.807, 2.05) is 11.7 Å². The highest BCUT2D eigenvalue weighted by Gasteiger charge is 2.15. The topological polar surface area (TPSA) is 72.7 Å². The van der Waals surface area contributed by atoms with E-state index >= 15 is 0 Å². The molecule has 7 nitrogen and oxygen atoms in total. The Morgan fingerprint density at radius 1 is 1.30 bits per heavy atom. The Morgan fingerprint density at radius 3 is 2.81 bits per heavy atom. The van der Waals surface area contributed by atoms with Gasteiger partial charge in [-0.25, -0.2) is 4.99 Å². The molecule has 1 aliphatic rings. The third kappa shape index (κ3) is 6.81. The molecule has 1 aromatic heterocycles. The summed E-state index contributed by atoms with van der Waals surface area (Å²) in [7, 11) is 2.02. The first-order valence-electron chi connectivity index (χ1n) is 10.4. The zero-order chi connectivity index (χ0) is 19.5. The molecule has 0 amide bonds. The van der Waals surface area contributed by atoms with E-state index in [0.717, 1.165) is 76.7 Å². The number of aromatic nitrogens is 2. The summed E-state index contributed by atoms with van der Waals surface area (Å²) in [5.74, 6) is 0.851. The Hall–Kier alpha value is -1.60. The molecule has 2 N–H and O–H groups in total. The van der Waals surface area contributed by atoms with Gasteiger partial charge >= 0.3 is 0 Å². The van der Waals surface area contributed by atoms with Gasteiger partial charge in [0.25, 0.3) is 0 Å². The number of nitrogens with one attached hydrogen (secondary N) is 2. The summed E-state index contributed by atoms with van der Waals surface area (Å²) in [6.07, 6.45) is 5.45. The van der Waals surface area contributed by atoms with Crippen molar-refractivity contribution >= 4 is 5.96 Å². The molecule has 27 heavy (non-hydrogen) atoms. The van der Waals surface area contributed by atoms with E-state index in [2.05, 4.69) is 36.5 Å². The second kappa shape index (κ2) is 12.0. The molecule has 1 unspecified atom stereocenters. The lowest BCUT2D eigenvalue weighted by molar-refractivity contribution is 0.0168. The fraction of sp³-hybridized carbons (Fsp3) is 0.800. The van der Waals surface area contributed by atoms with Crippen LogP contribution in [0.3, 0.4) is 0 Å². The second-order valence-electron chi connectivity index (χ2n) is 6.89. The van der Waals surface area contributed by atoms with Gasteiger partial charge in [0.05, 0.1) is 24.9 Å². The maximum atomic E-state index is 5.72. The molecule has 2 rings (SSSR count). The van der Waals surface area contributed by atoms with Crippen molar-refractivity contribution in [3.63, 3.8) is 0 Å². The molecule has 154 valence electrons. The van der Waals surface area contributed by atoms with Gasteiger partial charge in [-0.1, -0.05) is 13.8 Å².